The van der Waals surface area contributed by atoms with Gasteiger partial charge in [0.25, 0.3) is 0 Å². The molecule has 5 nitrogen and oxygen atoms in total. The average molecular weight is 298 g/mol. The third-order valence-electron chi connectivity index (χ3n) is 3.27. The highest BCUT2D eigenvalue weighted by Gasteiger charge is 2.33. The van der Waals surface area contributed by atoms with E-state index in [0.717, 1.165) is 12.8 Å². The van der Waals surface area contributed by atoms with Gasteiger partial charge in [0, 0.05) is 0 Å². The molecule has 1 aromatic carbocycles. The molecule has 0 aliphatic heterocycles. The first kappa shape index (κ1) is 15.0. The van der Waals surface area contributed by atoms with Gasteiger partial charge in [-0.05, 0) is 30.7 Å². The zero-order chi connectivity index (χ0) is 14.6. The van der Waals surface area contributed by atoms with Crippen molar-refractivity contribution < 1.29 is 23.1 Å². The molecule has 1 atom stereocenters. The van der Waals surface area contributed by atoms with Gasteiger partial charge in [-0.1, -0.05) is 30.3 Å². The maximum absolute atomic E-state index is 12.1. The van der Waals surface area contributed by atoms with Crippen LogP contribution >= 0.6 is 0 Å². The Morgan fingerprint density at radius 2 is 1.95 bits per heavy atom. The molecule has 2 rings (SSSR count). The van der Waals surface area contributed by atoms with Gasteiger partial charge < -0.3 is 9.84 Å². The van der Waals surface area contributed by atoms with E-state index in [1.807, 2.05) is 0 Å². The molecule has 1 fully saturated rings. The number of benzene rings is 1. The first-order chi connectivity index (χ1) is 9.49. The molecular weight excluding hydrogens is 280 g/mol. The van der Waals surface area contributed by atoms with Gasteiger partial charge in [0.1, 0.15) is 5.94 Å². The van der Waals surface area contributed by atoms with Gasteiger partial charge in [0.15, 0.2) is 15.1 Å². The lowest BCUT2D eigenvalue weighted by Gasteiger charge is -2.14. The van der Waals surface area contributed by atoms with Gasteiger partial charge in [-0.15, -0.1) is 0 Å². The molecule has 0 spiro atoms. The van der Waals surface area contributed by atoms with E-state index in [4.69, 9.17) is 9.84 Å². The molecule has 0 saturated heterocycles. The molecule has 6 heteroatoms. The number of carboxylic acids is 1. The number of hydrogen-bond acceptors (Lipinski definition) is 4. The minimum atomic E-state index is -3.81. The van der Waals surface area contributed by atoms with Crippen molar-refractivity contribution in [3.8, 4) is 0 Å². The summed E-state index contributed by atoms with van der Waals surface area (Å²) >= 11 is 0. The Balaban J connectivity index is 2.00. The summed E-state index contributed by atoms with van der Waals surface area (Å²) in [5.41, 5.74) is 0.686. The Hall–Kier alpha value is -1.40. The van der Waals surface area contributed by atoms with E-state index in [0.29, 0.717) is 18.1 Å². The van der Waals surface area contributed by atoms with Gasteiger partial charge in [-0.25, -0.2) is 8.42 Å². The van der Waals surface area contributed by atoms with Gasteiger partial charge >= 0.3 is 5.97 Å². The monoisotopic (exact) mass is 298 g/mol. The fourth-order valence-corrected chi connectivity index (χ4v) is 3.14. The minimum Gasteiger partial charge on any atom is -0.480 e. The molecule has 0 aromatic heterocycles. The number of carboxylic acid groups (broad SMARTS) is 1. The van der Waals surface area contributed by atoms with Crippen molar-refractivity contribution in [1.29, 1.82) is 0 Å². The molecule has 0 heterocycles. The Bertz CT molecular complexity index is 548. The maximum Gasteiger partial charge on any atom is 0.322 e. The van der Waals surface area contributed by atoms with E-state index in [1.54, 1.807) is 30.3 Å². The molecule has 20 heavy (non-hydrogen) atoms. The fourth-order valence-electron chi connectivity index (χ4n) is 1.89. The molecule has 1 aliphatic rings. The van der Waals surface area contributed by atoms with Crippen molar-refractivity contribution in [3.05, 3.63) is 35.9 Å². The van der Waals surface area contributed by atoms with Crippen LogP contribution in [0.4, 0.5) is 0 Å². The van der Waals surface area contributed by atoms with Gasteiger partial charge in [0.2, 0.25) is 0 Å². The first-order valence-corrected chi connectivity index (χ1v) is 8.26. The maximum atomic E-state index is 12.1. The highest BCUT2D eigenvalue weighted by molar-refractivity contribution is 7.92. The summed E-state index contributed by atoms with van der Waals surface area (Å²) in [4.78, 5) is 11.2. The third kappa shape index (κ3) is 4.31. The summed E-state index contributed by atoms with van der Waals surface area (Å²) in [5, 5.41) is 7.70. The summed E-state index contributed by atoms with van der Waals surface area (Å²) < 4.78 is 29.3. The van der Waals surface area contributed by atoms with Crippen LogP contribution in [0.15, 0.2) is 30.3 Å². The molecule has 1 N–H and O–H groups in total. The van der Waals surface area contributed by atoms with Crippen LogP contribution in [0.25, 0.3) is 0 Å². The van der Waals surface area contributed by atoms with E-state index in [9.17, 15) is 13.2 Å². The zero-order valence-corrected chi connectivity index (χ0v) is 11.9. The molecule has 0 bridgehead atoms. The Kier molecular flexibility index (Phi) is 4.77. The minimum absolute atomic E-state index is 0.0364. The lowest BCUT2D eigenvalue weighted by Crippen LogP contribution is -2.35. The second-order valence-electron chi connectivity index (χ2n) is 5.11. The zero-order valence-electron chi connectivity index (χ0n) is 11.1. The first-order valence-electron chi connectivity index (χ1n) is 6.55. The smallest absolute Gasteiger partial charge is 0.322 e. The Morgan fingerprint density at radius 3 is 2.50 bits per heavy atom. The van der Waals surface area contributed by atoms with Gasteiger partial charge in [-0.3, -0.25) is 4.79 Å². The molecule has 110 valence electrons. The Morgan fingerprint density at radius 1 is 1.30 bits per heavy atom. The highest BCUT2D eigenvalue weighted by atomic mass is 32.2. The van der Waals surface area contributed by atoms with E-state index < -0.39 is 27.0 Å². The molecule has 1 aromatic rings. The summed E-state index contributed by atoms with van der Waals surface area (Å²) in [6, 6.07) is 8.74. The van der Waals surface area contributed by atoms with Crippen molar-refractivity contribution >= 4 is 15.8 Å². The van der Waals surface area contributed by atoms with Crippen molar-refractivity contribution in [2.24, 2.45) is 5.92 Å². The molecule has 1 aliphatic carbocycles. The second kappa shape index (κ2) is 6.37. The van der Waals surface area contributed by atoms with Crippen molar-refractivity contribution in [3.63, 3.8) is 0 Å². The largest absolute Gasteiger partial charge is 0.480 e. The van der Waals surface area contributed by atoms with Crippen LogP contribution in [0.2, 0.25) is 0 Å². The van der Waals surface area contributed by atoms with Crippen LogP contribution in [0.3, 0.4) is 0 Å². The lowest BCUT2D eigenvalue weighted by molar-refractivity contribution is -0.136. The molecule has 1 unspecified atom stereocenters. The predicted octanol–water partition coefficient (Wildman–Crippen LogP) is 1.48. The lowest BCUT2D eigenvalue weighted by atomic mass is 10.1. The van der Waals surface area contributed by atoms with Crippen LogP contribution in [0.1, 0.15) is 18.4 Å². The fraction of sp³-hybridized carbons (Fsp3) is 0.500. The van der Waals surface area contributed by atoms with Crippen LogP contribution < -0.4 is 0 Å². The normalized spacial score (nSPS) is 16.8. The topological polar surface area (TPSA) is 80.7 Å². The predicted molar refractivity (Wildman–Crippen MR) is 74.0 cm³/mol. The highest BCUT2D eigenvalue weighted by Crippen LogP contribution is 2.29. The van der Waals surface area contributed by atoms with Crippen LogP contribution in [0.5, 0.6) is 0 Å². The summed E-state index contributed by atoms with van der Waals surface area (Å²) in [7, 11) is -3.81. The van der Waals surface area contributed by atoms with Crippen molar-refractivity contribution in [1.82, 2.24) is 0 Å². The number of rotatable bonds is 8. The molecule has 0 amide bonds. The third-order valence-corrected chi connectivity index (χ3v) is 5.00. The Labute approximate surface area is 118 Å². The summed E-state index contributed by atoms with van der Waals surface area (Å²) in [6.07, 6.45) is 2.09. The van der Waals surface area contributed by atoms with Crippen molar-refractivity contribution in [2.75, 3.05) is 12.5 Å². The number of sulfone groups is 1. The van der Waals surface area contributed by atoms with Crippen LogP contribution in [0, 0.1) is 5.92 Å². The number of ether oxygens (including phenoxy) is 1. The van der Waals surface area contributed by atoms with Crippen LogP contribution in [-0.2, 0) is 25.8 Å². The van der Waals surface area contributed by atoms with Crippen LogP contribution in [-0.4, -0.2) is 37.3 Å². The van der Waals surface area contributed by atoms with E-state index in [2.05, 4.69) is 0 Å². The number of aliphatic carboxylic acids is 1. The summed E-state index contributed by atoms with van der Waals surface area (Å²) in [5.74, 6) is -1.40. The second-order valence-corrected chi connectivity index (χ2v) is 7.24. The standard InChI is InChI=1S/C14H18O5S/c15-14(16)13(8-11-4-2-1-3-5-11)20(17,18)10-19-9-12-6-7-12/h1-5,12-13H,6-10H2,(H,15,16). The van der Waals surface area contributed by atoms with Crippen molar-refractivity contribution in [2.45, 2.75) is 24.5 Å². The molecular formula is C14H18O5S. The summed E-state index contributed by atoms with van der Waals surface area (Å²) in [6.45, 7) is 0.400. The SMILES string of the molecule is O=C(O)C(Cc1ccccc1)S(=O)(=O)COCC1CC1. The van der Waals surface area contributed by atoms with E-state index >= 15 is 0 Å². The molecule has 1 saturated carbocycles. The van der Waals surface area contributed by atoms with E-state index in [-0.39, 0.29) is 6.42 Å². The van der Waals surface area contributed by atoms with Gasteiger partial charge in [0.05, 0.1) is 6.61 Å². The average Bonchev–Trinajstić information content (AvgIpc) is 3.20. The number of hydrogen-bond donors (Lipinski definition) is 1. The number of carbonyl (C=O) groups is 1. The van der Waals surface area contributed by atoms with E-state index in [1.165, 1.54) is 0 Å². The van der Waals surface area contributed by atoms with Gasteiger partial charge in [-0.2, -0.15) is 0 Å². The quantitative estimate of drug-likeness (QED) is 0.786. The molecule has 0 radical (unpaired) electrons.